The number of rotatable bonds is 7. The van der Waals surface area contributed by atoms with Gasteiger partial charge in [0.15, 0.2) is 0 Å². The van der Waals surface area contributed by atoms with Crippen molar-refractivity contribution >= 4 is 17.6 Å². The molecule has 1 N–H and O–H groups in total. The Balaban J connectivity index is 1.79. The van der Waals surface area contributed by atoms with Crippen LogP contribution in [0.3, 0.4) is 0 Å². The first-order chi connectivity index (χ1) is 10.2. The fourth-order valence-corrected chi connectivity index (χ4v) is 1.82. The molecule has 1 aromatic heterocycles. The molecule has 0 spiro atoms. The zero-order valence-corrected chi connectivity index (χ0v) is 12.1. The lowest BCUT2D eigenvalue weighted by Crippen LogP contribution is -2.17. The van der Waals surface area contributed by atoms with E-state index in [9.17, 15) is 9.90 Å². The lowest BCUT2D eigenvalue weighted by Gasteiger charge is -2.04. The number of hydrogen-bond acceptors (Lipinski definition) is 5. The fraction of sp³-hybridized carbons (Fsp3) is 0.357. The Bertz CT molecular complexity index is 574. The van der Waals surface area contributed by atoms with Crippen LogP contribution in [-0.2, 0) is 29.1 Å². The standard InChI is InChI=1S/C14H16ClN3O3/c15-7-13(19)9-18-8-12(16-17-18)10-21-14(20)6-11-4-2-1-3-5-11/h1-5,8,13,19H,6-7,9-10H2. The van der Waals surface area contributed by atoms with Crippen molar-refractivity contribution < 1.29 is 14.6 Å². The highest BCUT2D eigenvalue weighted by Crippen LogP contribution is 2.03. The summed E-state index contributed by atoms with van der Waals surface area (Å²) in [5.41, 5.74) is 1.43. The molecule has 1 heterocycles. The number of carbonyl (C=O) groups is 1. The van der Waals surface area contributed by atoms with Gasteiger partial charge in [0, 0.05) is 0 Å². The quantitative estimate of drug-likeness (QED) is 0.613. The van der Waals surface area contributed by atoms with E-state index in [-0.39, 0.29) is 31.4 Å². The van der Waals surface area contributed by atoms with E-state index in [1.54, 1.807) is 6.20 Å². The number of nitrogens with zero attached hydrogens (tertiary/aromatic N) is 3. The molecule has 0 aliphatic rings. The molecule has 0 bridgehead atoms. The number of aliphatic hydroxyl groups is 1. The Morgan fingerprint density at radius 1 is 1.38 bits per heavy atom. The van der Waals surface area contributed by atoms with Gasteiger partial charge in [0.05, 0.1) is 31.1 Å². The van der Waals surface area contributed by atoms with Crippen LogP contribution in [0.1, 0.15) is 11.3 Å². The summed E-state index contributed by atoms with van der Waals surface area (Å²) in [6.07, 6.45) is 1.16. The second kappa shape index (κ2) is 7.75. The molecule has 2 aromatic rings. The maximum absolute atomic E-state index is 11.7. The minimum atomic E-state index is -0.679. The lowest BCUT2D eigenvalue weighted by atomic mass is 10.2. The van der Waals surface area contributed by atoms with Gasteiger partial charge in [0.1, 0.15) is 12.3 Å². The molecule has 0 aliphatic carbocycles. The van der Waals surface area contributed by atoms with Gasteiger partial charge in [-0.05, 0) is 5.56 Å². The van der Waals surface area contributed by atoms with Crippen LogP contribution in [0.25, 0.3) is 0 Å². The Hall–Kier alpha value is -1.92. The Morgan fingerprint density at radius 3 is 2.86 bits per heavy atom. The smallest absolute Gasteiger partial charge is 0.310 e. The lowest BCUT2D eigenvalue weighted by molar-refractivity contribution is -0.144. The molecule has 7 heteroatoms. The minimum Gasteiger partial charge on any atom is -0.459 e. The average Bonchev–Trinajstić information content (AvgIpc) is 2.93. The van der Waals surface area contributed by atoms with Crippen LogP contribution in [0.5, 0.6) is 0 Å². The van der Waals surface area contributed by atoms with E-state index in [2.05, 4.69) is 10.3 Å². The summed E-state index contributed by atoms with van der Waals surface area (Å²) in [4.78, 5) is 11.7. The van der Waals surface area contributed by atoms with Crippen molar-refractivity contribution in [1.29, 1.82) is 0 Å². The zero-order valence-electron chi connectivity index (χ0n) is 11.4. The fourth-order valence-electron chi connectivity index (χ4n) is 1.73. The predicted molar refractivity (Wildman–Crippen MR) is 76.7 cm³/mol. The summed E-state index contributed by atoms with van der Waals surface area (Å²) in [5, 5.41) is 17.1. The van der Waals surface area contributed by atoms with Gasteiger partial charge in [-0.15, -0.1) is 16.7 Å². The Labute approximate surface area is 127 Å². The second-order valence-corrected chi connectivity index (χ2v) is 4.87. The van der Waals surface area contributed by atoms with Crippen LogP contribution in [0.4, 0.5) is 0 Å². The normalized spacial score (nSPS) is 12.1. The number of benzene rings is 1. The third kappa shape index (κ3) is 5.17. The molecule has 1 aromatic carbocycles. The molecular formula is C14H16ClN3O3. The first kappa shape index (κ1) is 15.5. The molecule has 1 atom stereocenters. The van der Waals surface area contributed by atoms with Gasteiger partial charge in [-0.25, -0.2) is 4.68 Å². The highest BCUT2D eigenvalue weighted by Gasteiger charge is 2.09. The molecular weight excluding hydrogens is 294 g/mol. The molecule has 0 amide bonds. The van der Waals surface area contributed by atoms with Crippen molar-refractivity contribution in [3.63, 3.8) is 0 Å². The van der Waals surface area contributed by atoms with Crippen LogP contribution >= 0.6 is 11.6 Å². The SMILES string of the molecule is O=C(Cc1ccccc1)OCc1cn(CC(O)CCl)nn1. The molecule has 112 valence electrons. The Kier molecular flexibility index (Phi) is 5.71. The maximum Gasteiger partial charge on any atom is 0.310 e. The van der Waals surface area contributed by atoms with E-state index in [0.29, 0.717) is 5.69 Å². The van der Waals surface area contributed by atoms with E-state index in [0.717, 1.165) is 5.56 Å². The number of aromatic nitrogens is 3. The van der Waals surface area contributed by atoms with Gasteiger partial charge >= 0.3 is 5.97 Å². The van der Waals surface area contributed by atoms with Crippen LogP contribution in [0, 0.1) is 0 Å². The second-order valence-electron chi connectivity index (χ2n) is 4.56. The van der Waals surface area contributed by atoms with Gasteiger partial charge < -0.3 is 9.84 Å². The van der Waals surface area contributed by atoms with E-state index in [1.807, 2.05) is 30.3 Å². The summed E-state index contributed by atoms with van der Waals surface area (Å²) in [6.45, 7) is 0.317. The average molecular weight is 310 g/mol. The predicted octanol–water partition coefficient (Wildman–Crippen LogP) is 1.16. The molecule has 21 heavy (non-hydrogen) atoms. The van der Waals surface area contributed by atoms with Crippen LogP contribution in [0.2, 0.25) is 0 Å². The van der Waals surface area contributed by atoms with Crippen LogP contribution in [-0.4, -0.2) is 38.1 Å². The number of ether oxygens (including phenoxy) is 1. The molecule has 1 unspecified atom stereocenters. The first-order valence-corrected chi connectivity index (χ1v) is 7.03. The van der Waals surface area contributed by atoms with Gasteiger partial charge in [-0.3, -0.25) is 4.79 Å². The number of carbonyl (C=O) groups excluding carboxylic acids is 1. The van der Waals surface area contributed by atoms with Gasteiger partial charge in [0.25, 0.3) is 0 Å². The molecule has 0 aliphatic heterocycles. The molecule has 2 rings (SSSR count). The summed E-state index contributed by atoms with van der Waals surface area (Å²) < 4.78 is 6.60. The molecule has 0 saturated carbocycles. The number of esters is 1. The van der Waals surface area contributed by atoms with E-state index in [1.165, 1.54) is 4.68 Å². The number of hydrogen-bond donors (Lipinski definition) is 1. The number of halogens is 1. The van der Waals surface area contributed by atoms with Crippen molar-refractivity contribution in [2.75, 3.05) is 5.88 Å². The van der Waals surface area contributed by atoms with Crippen LogP contribution < -0.4 is 0 Å². The molecule has 0 saturated heterocycles. The van der Waals surface area contributed by atoms with Gasteiger partial charge in [-0.1, -0.05) is 35.5 Å². The largest absolute Gasteiger partial charge is 0.459 e. The minimum absolute atomic E-state index is 0.0582. The molecule has 0 radical (unpaired) electrons. The summed E-state index contributed by atoms with van der Waals surface area (Å²) in [6, 6.07) is 9.37. The summed E-state index contributed by atoms with van der Waals surface area (Å²) in [5.74, 6) is -0.196. The molecule has 0 fully saturated rings. The van der Waals surface area contributed by atoms with Crippen molar-refractivity contribution in [3.8, 4) is 0 Å². The van der Waals surface area contributed by atoms with Gasteiger partial charge in [0.2, 0.25) is 0 Å². The summed E-state index contributed by atoms with van der Waals surface area (Å²) in [7, 11) is 0. The van der Waals surface area contributed by atoms with Crippen molar-refractivity contribution in [2.45, 2.75) is 25.7 Å². The third-order valence-electron chi connectivity index (χ3n) is 2.73. The van der Waals surface area contributed by atoms with Crippen molar-refractivity contribution in [1.82, 2.24) is 15.0 Å². The van der Waals surface area contributed by atoms with Gasteiger partial charge in [-0.2, -0.15) is 0 Å². The number of alkyl halides is 1. The van der Waals surface area contributed by atoms with Crippen LogP contribution in [0.15, 0.2) is 36.5 Å². The number of aliphatic hydroxyl groups excluding tert-OH is 1. The maximum atomic E-state index is 11.7. The Morgan fingerprint density at radius 2 is 2.14 bits per heavy atom. The van der Waals surface area contributed by atoms with Crippen molar-refractivity contribution in [2.24, 2.45) is 0 Å². The third-order valence-corrected chi connectivity index (χ3v) is 3.09. The van der Waals surface area contributed by atoms with E-state index < -0.39 is 6.10 Å². The highest BCUT2D eigenvalue weighted by molar-refractivity contribution is 6.18. The van der Waals surface area contributed by atoms with Crippen molar-refractivity contribution in [3.05, 3.63) is 47.8 Å². The van der Waals surface area contributed by atoms with E-state index >= 15 is 0 Å². The summed E-state index contributed by atoms with van der Waals surface area (Å²) >= 11 is 5.51. The monoisotopic (exact) mass is 309 g/mol. The van der Waals surface area contributed by atoms with E-state index in [4.69, 9.17) is 16.3 Å². The first-order valence-electron chi connectivity index (χ1n) is 6.50. The topological polar surface area (TPSA) is 77.2 Å². The highest BCUT2D eigenvalue weighted by atomic mass is 35.5. The molecule has 6 nitrogen and oxygen atoms in total. The zero-order chi connectivity index (χ0) is 15.1.